The standard InChI is InChI=1S/C22H23N3O2S/c1-22(12-7-13-25(15-22)20(26)16-8-3-2-4-9-16)21(27)23-14-19-24-17-10-5-6-11-18(17)28-19/h2-6,8-11H,7,12-15H2,1H3,(H,23,27)/t22-/m1/s1. The number of aromatic nitrogens is 1. The lowest BCUT2D eigenvalue weighted by Gasteiger charge is -2.39. The fourth-order valence-corrected chi connectivity index (χ4v) is 4.63. The van der Waals surface area contributed by atoms with E-state index < -0.39 is 5.41 Å². The highest BCUT2D eigenvalue weighted by Gasteiger charge is 2.39. The molecule has 1 N–H and O–H groups in total. The second-order valence-corrected chi connectivity index (χ2v) is 8.63. The first-order chi connectivity index (χ1) is 13.5. The maximum atomic E-state index is 12.9. The summed E-state index contributed by atoms with van der Waals surface area (Å²) >= 11 is 1.60. The molecule has 2 aromatic carbocycles. The summed E-state index contributed by atoms with van der Waals surface area (Å²) in [6.07, 6.45) is 1.60. The van der Waals surface area contributed by atoms with Gasteiger partial charge in [-0.2, -0.15) is 0 Å². The van der Waals surface area contributed by atoms with E-state index in [0.717, 1.165) is 28.1 Å². The van der Waals surface area contributed by atoms with Crippen molar-refractivity contribution in [3.05, 3.63) is 65.2 Å². The molecule has 5 nitrogen and oxygen atoms in total. The maximum Gasteiger partial charge on any atom is 0.253 e. The smallest absolute Gasteiger partial charge is 0.253 e. The Hall–Kier alpha value is -2.73. The van der Waals surface area contributed by atoms with Crippen LogP contribution in [0.15, 0.2) is 54.6 Å². The van der Waals surface area contributed by atoms with Crippen LogP contribution in [0.4, 0.5) is 0 Å². The quantitative estimate of drug-likeness (QED) is 0.732. The summed E-state index contributed by atoms with van der Waals surface area (Å²) in [5.41, 5.74) is 1.04. The van der Waals surface area contributed by atoms with Crippen molar-refractivity contribution in [2.45, 2.75) is 26.3 Å². The van der Waals surface area contributed by atoms with Crippen LogP contribution in [0.3, 0.4) is 0 Å². The van der Waals surface area contributed by atoms with E-state index in [1.54, 1.807) is 16.2 Å². The van der Waals surface area contributed by atoms with Gasteiger partial charge in [0, 0.05) is 18.7 Å². The van der Waals surface area contributed by atoms with Crippen LogP contribution < -0.4 is 5.32 Å². The first-order valence-electron chi connectivity index (χ1n) is 9.52. The van der Waals surface area contributed by atoms with Crippen LogP contribution >= 0.6 is 11.3 Å². The average Bonchev–Trinajstić information content (AvgIpc) is 3.15. The molecule has 28 heavy (non-hydrogen) atoms. The van der Waals surface area contributed by atoms with Gasteiger partial charge in [0.1, 0.15) is 5.01 Å². The maximum absolute atomic E-state index is 12.9. The van der Waals surface area contributed by atoms with Crippen molar-refractivity contribution in [3.8, 4) is 0 Å². The summed E-state index contributed by atoms with van der Waals surface area (Å²) in [4.78, 5) is 32.1. The van der Waals surface area contributed by atoms with Gasteiger partial charge in [-0.05, 0) is 44.0 Å². The topological polar surface area (TPSA) is 62.3 Å². The summed E-state index contributed by atoms with van der Waals surface area (Å²) in [6.45, 7) is 3.49. The summed E-state index contributed by atoms with van der Waals surface area (Å²) in [5.74, 6) is -0.0252. The third kappa shape index (κ3) is 3.78. The van der Waals surface area contributed by atoms with E-state index in [-0.39, 0.29) is 11.8 Å². The minimum Gasteiger partial charge on any atom is -0.349 e. The number of benzene rings is 2. The molecule has 6 heteroatoms. The minimum atomic E-state index is -0.584. The number of thiazole rings is 1. The van der Waals surface area contributed by atoms with Crippen molar-refractivity contribution in [3.63, 3.8) is 0 Å². The fraction of sp³-hybridized carbons (Fsp3) is 0.318. The molecular weight excluding hydrogens is 370 g/mol. The number of hydrogen-bond acceptors (Lipinski definition) is 4. The highest BCUT2D eigenvalue weighted by molar-refractivity contribution is 7.18. The van der Waals surface area contributed by atoms with Crippen LogP contribution in [-0.2, 0) is 11.3 Å². The zero-order chi connectivity index (χ0) is 19.6. The van der Waals surface area contributed by atoms with Gasteiger partial charge in [0.15, 0.2) is 0 Å². The van der Waals surface area contributed by atoms with Crippen molar-refractivity contribution in [2.24, 2.45) is 5.41 Å². The largest absolute Gasteiger partial charge is 0.349 e. The van der Waals surface area contributed by atoms with Gasteiger partial charge in [0.05, 0.1) is 22.2 Å². The summed E-state index contributed by atoms with van der Waals surface area (Å²) in [7, 11) is 0. The van der Waals surface area contributed by atoms with E-state index in [2.05, 4.69) is 10.3 Å². The first-order valence-corrected chi connectivity index (χ1v) is 10.3. The number of hydrogen-bond donors (Lipinski definition) is 1. The van der Waals surface area contributed by atoms with Crippen molar-refractivity contribution in [1.29, 1.82) is 0 Å². The van der Waals surface area contributed by atoms with E-state index >= 15 is 0 Å². The second kappa shape index (κ2) is 7.72. The Labute approximate surface area is 168 Å². The number of amides is 2. The van der Waals surface area contributed by atoms with Crippen LogP contribution in [0.2, 0.25) is 0 Å². The molecule has 3 aromatic rings. The van der Waals surface area contributed by atoms with Crippen molar-refractivity contribution in [1.82, 2.24) is 15.2 Å². The summed E-state index contributed by atoms with van der Waals surface area (Å²) < 4.78 is 1.12. The molecule has 1 atom stereocenters. The van der Waals surface area contributed by atoms with Crippen molar-refractivity contribution >= 4 is 33.4 Å². The highest BCUT2D eigenvalue weighted by atomic mass is 32.1. The molecule has 144 valence electrons. The van der Waals surface area contributed by atoms with Crippen LogP contribution in [0.1, 0.15) is 35.1 Å². The van der Waals surface area contributed by atoms with Crippen LogP contribution in [0.25, 0.3) is 10.2 Å². The molecule has 1 aromatic heterocycles. The van der Waals surface area contributed by atoms with Gasteiger partial charge in [0.2, 0.25) is 5.91 Å². The molecule has 0 saturated carbocycles. The molecular formula is C22H23N3O2S. The SMILES string of the molecule is C[C@@]1(C(=O)NCc2nc3ccccc3s2)CCCN(C(=O)c2ccccc2)C1. The monoisotopic (exact) mass is 393 g/mol. The van der Waals surface area contributed by atoms with Crippen molar-refractivity contribution < 1.29 is 9.59 Å². The number of nitrogens with zero attached hydrogens (tertiary/aromatic N) is 2. The van der Waals surface area contributed by atoms with Crippen LogP contribution in [-0.4, -0.2) is 34.8 Å². The normalized spacial score (nSPS) is 19.5. The Kier molecular flexibility index (Phi) is 5.13. The Morgan fingerprint density at radius 2 is 1.89 bits per heavy atom. The second-order valence-electron chi connectivity index (χ2n) is 7.51. The third-order valence-electron chi connectivity index (χ3n) is 5.29. The van der Waals surface area contributed by atoms with Gasteiger partial charge in [-0.3, -0.25) is 9.59 Å². The predicted molar refractivity (Wildman–Crippen MR) is 111 cm³/mol. The molecule has 2 heterocycles. The van der Waals surface area contributed by atoms with Gasteiger partial charge in [-0.1, -0.05) is 30.3 Å². The van der Waals surface area contributed by atoms with E-state index in [1.807, 2.05) is 61.5 Å². The number of likely N-dealkylation sites (tertiary alicyclic amines) is 1. The first kappa shape index (κ1) is 18.6. The number of piperidine rings is 1. The Morgan fingerprint density at radius 3 is 2.68 bits per heavy atom. The molecule has 1 aliphatic rings. The zero-order valence-electron chi connectivity index (χ0n) is 15.9. The number of fused-ring (bicyclic) bond motifs is 1. The van der Waals surface area contributed by atoms with Crippen molar-refractivity contribution in [2.75, 3.05) is 13.1 Å². The molecule has 0 aliphatic carbocycles. The molecule has 1 aliphatic heterocycles. The van der Waals surface area contributed by atoms with Gasteiger partial charge >= 0.3 is 0 Å². The van der Waals surface area contributed by atoms with E-state index in [0.29, 0.717) is 25.2 Å². The fourth-order valence-electron chi connectivity index (χ4n) is 3.73. The minimum absolute atomic E-state index is 0.00880. The number of rotatable bonds is 4. The van der Waals surface area contributed by atoms with Gasteiger partial charge in [-0.25, -0.2) is 4.98 Å². The molecule has 0 spiro atoms. The van der Waals surface area contributed by atoms with Crippen LogP contribution in [0, 0.1) is 5.41 Å². The third-order valence-corrected chi connectivity index (χ3v) is 6.33. The lowest BCUT2D eigenvalue weighted by Crippen LogP contribution is -2.51. The van der Waals surface area contributed by atoms with E-state index in [9.17, 15) is 9.59 Å². The lowest BCUT2D eigenvalue weighted by atomic mass is 9.80. The number of carbonyl (C=O) groups excluding carboxylic acids is 2. The highest BCUT2D eigenvalue weighted by Crippen LogP contribution is 2.31. The molecule has 1 saturated heterocycles. The zero-order valence-corrected chi connectivity index (χ0v) is 16.7. The Morgan fingerprint density at radius 1 is 1.14 bits per heavy atom. The number of para-hydroxylation sites is 1. The molecule has 1 fully saturated rings. The Bertz CT molecular complexity index is 968. The van der Waals surface area contributed by atoms with Gasteiger partial charge in [0.25, 0.3) is 5.91 Å². The van der Waals surface area contributed by atoms with Gasteiger partial charge < -0.3 is 10.2 Å². The lowest BCUT2D eigenvalue weighted by molar-refractivity contribution is -0.132. The average molecular weight is 394 g/mol. The number of carbonyl (C=O) groups is 2. The van der Waals surface area contributed by atoms with E-state index in [4.69, 9.17) is 0 Å². The molecule has 4 rings (SSSR count). The molecule has 0 bridgehead atoms. The van der Waals surface area contributed by atoms with Gasteiger partial charge in [-0.15, -0.1) is 11.3 Å². The Balaban J connectivity index is 1.41. The summed E-state index contributed by atoms with van der Waals surface area (Å²) in [6, 6.07) is 17.2. The molecule has 0 unspecified atom stereocenters. The predicted octanol–water partition coefficient (Wildman–Crippen LogP) is 3.86. The van der Waals surface area contributed by atoms with E-state index in [1.165, 1.54) is 0 Å². The summed E-state index contributed by atoms with van der Waals surface area (Å²) in [5, 5.41) is 3.94. The van der Waals surface area contributed by atoms with Crippen LogP contribution in [0.5, 0.6) is 0 Å². The molecule has 0 radical (unpaired) electrons. The number of nitrogens with one attached hydrogen (secondary N) is 1. The molecule has 2 amide bonds.